The Morgan fingerprint density at radius 3 is 2.56 bits per heavy atom. The highest BCUT2D eigenvalue weighted by molar-refractivity contribution is 5.81. The van der Waals surface area contributed by atoms with E-state index in [0.717, 1.165) is 12.8 Å². The molecule has 2 bridgehead atoms. The van der Waals surface area contributed by atoms with Crippen LogP contribution in [0.25, 0.3) is 0 Å². The van der Waals surface area contributed by atoms with E-state index < -0.39 is 28.5 Å². The summed E-state index contributed by atoms with van der Waals surface area (Å²) in [5, 5.41) is 11.5. The van der Waals surface area contributed by atoms with Crippen LogP contribution in [0.15, 0.2) is 12.2 Å². The number of nitrogens with zero attached hydrogens (tertiary/aromatic N) is 1. The van der Waals surface area contributed by atoms with Crippen LogP contribution in [-0.4, -0.2) is 47.3 Å². The zero-order chi connectivity index (χ0) is 18.8. The fraction of sp³-hybridized carbons (Fsp3) is 0.765. The van der Waals surface area contributed by atoms with Crippen LogP contribution in [0, 0.1) is 22.0 Å². The Hall–Kier alpha value is -1.96. The van der Waals surface area contributed by atoms with Gasteiger partial charge < -0.3 is 14.2 Å². The molecule has 140 valence electrons. The van der Waals surface area contributed by atoms with E-state index in [1.807, 2.05) is 0 Å². The van der Waals surface area contributed by atoms with E-state index >= 15 is 0 Å². The van der Waals surface area contributed by atoms with Crippen molar-refractivity contribution < 1.29 is 28.7 Å². The third-order valence-corrected chi connectivity index (χ3v) is 4.94. The molecule has 2 aliphatic rings. The minimum absolute atomic E-state index is 0.138. The normalized spacial score (nSPS) is 29.6. The van der Waals surface area contributed by atoms with E-state index in [2.05, 4.69) is 0 Å². The van der Waals surface area contributed by atoms with Gasteiger partial charge in [0.1, 0.15) is 0 Å². The average Bonchev–Trinajstić information content (AvgIpc) is 3.11. The lowest BCUT2D eigenvalue weighted by Gasteiger charge is -2.36. The van der Waals surface area contributed by atoms with Crippen LogP contribution in [0.4, 0.5) is 0 Å². The van der Waals surface area contributed by atoms with Gasteiger partial charge in [-0.1, -0.05) is 6.08 Å². The lowest BCUT2D eigenvalue weighted by Crippen LogP contribution is -2.54. The van der Waals surface area contributed by atoms with Gasteiger partial charge in [0.15, 0.2) is 6.10 Å². The molecule has 5 atom stereocenters. The molecule has 2 fully saturated rings. The van der Waals surface area contributed by atoms with E-state index in [9.17, 15) is 19.7 Å². The number of ether oxygens (including phenoxy) is 3. The number of rotatable bonds is 7. The summed E-state index contributed by atoms with van der Waals surface area (Å²) in [4.78, 5) is 34.3. The van der Waals surface area contributed by atoms with Gasteiger partial charge in [0, 0.05) is 43.6 Å². The molecule has 8 nitrogen and oxygen atoms in total. The number of fused-ring (bicyclic) bond motifs is 2. The first-order valence-corrected chi connectivity index (χ1v) is 8.50. The smallest absolute Gasteiger partial charge is 0.330 e. The number of nitro groups is 1. The molecule has 2 aliphatic heterocycles. The van der Waals surface area contributed by atoms with E-state index in [-0.39, 0.29) is 30.7 Å². The van der Waals surface area contributed by atoms with Crippen molar-refractivity contribution in [3.8, 4) is 0 Å². The molecule has 2 rings (SSSR count). The zero-order valence-electron chi connectivity index (χ0n) is 15.0. The standard InChI is InChI=1S/C17H25NO7/c1-5-23-14(20)9-6-11-12-7-8-13(25-12)15(11)16(24-10(2)19)17(3,4)18(21)22/h6,9,11-13,15-16H,5,7-8H2,1-4H3/b9-6+/t11-,12-,13+,15-,16?/m1/s1. The maximum absolute atomic E-state index is 11.6. The van der Waals surface area contributed by atoms with Gasteiger partial charge in [-0.05, 0) is 19.8 Å². The quantitative estimate of drug-likeness (QED) is 0.297. The summed E-state index contributed by atoms with van der Waals surface area (Å²) in [5.41, 5.74) is -1.47. The maximum atomic E-state index is 11.6. The van der Waals surface area contributed by atoms with Crippen molar-refractivity contribution in [3.63, 3.8) is 0 Å². The highest BCUT2D eigenvalue weighted by Crippen LogP contribution is 2.48. The van der Waals surface area contributed by atoms with Crippen molar-refractivity contribution in [1.29, 1.82) is 0 Å². The van der Waals surface area contributed by atoms with E-state index in [1.165, 1.54) is 26.8 Å². The first-order valence-electron chi connectivity index (χ1n) is 8.50. The predicted octanol–water partition coefficient (Wildman–Crippen LogP) is 1.89. The summed E-state index contributed by atoms with van der Waals surface area (Å²) in [6, 6.07) is 0. The lowest BCUT2D eigenvalue weighted by molar-refractivity contribution is -0.575. The van der Waals surface area contributed by atoms with Crippen LogP contribution >= 0.6 is 0 Å². The van der Waals surface area contributed by atoms with Crippen molar-refractivity contribution in [3.05, 3.63) is 22.3 Å². The molecule has 2 heterocycles. The second kappa shape index (κ2) is 7.51. The molecule has 0 aliphatic carbocycles. The molecule has 0 aromatic carbocycles. The molecule has 0 saturated carbocycles. The van der Waals surface area contributed by atoms with Gasteiger partial charge in [0.2, 0.25) is 0 Å². The molecule has 0 amide bonds. The van der Waals surface area contributed by atoms with E-state index in [1.54, 1.807) is 13.0 Å². The molecule has 2 saturated heterocycles. The molecule has 0 spiro atoms. The second-order valence-corrected chi connectivity index (χ2v) is 7.00. The van der Waals surface area contributed by atoms with Crippen LogP contribution in [-0.2, 0) is 23.8 Å². The molecule has 25 heavy (non-hydrogen) atoms. The summed E-state index contributed by atoms with van der Waals surface area (Å²) in [7, 11) is 0. The van der Waals surface area contributed by atoms with Crippen molar-refractivity contribution >= 4 is 11.9 Å². The highest BCUT2D eigenvalue weighted by atomic mass is 16.6. The van der Waals surface area contributed by atoms with Gasteiger partial charge >= 0.3 is 11.9 Å². The summed E-state index contributed by atoms with van der Waals surface area (Å²) in [6.45, 7) is 6.10. The highest BCUT2D eigenvalue weighted by Gasteiger charge is 2.59. The number of esters is 2. The molecule has 0 radical (unpaired) electrons. The Kier molecular flexibility index (Phi) is 5.82. The first-order chi connectivity index (χ1) is 11.7. The Morgan fingerprint density at radius 2 is 2.00 bits per heavy atom. The molecular formula is C17H25NO7. The average molecular weight is 355 g/mol. The number of hydrogen-bond donors (Lipinski definition) is 0. The van der Waals surface area contributed by atoms with Crippen molar-refractivity contribution in [2.45, 2.75) is 64.4 Å². The monoisotopic (exact) mass is 355 g/mol. The van der Waals surface area contributed by atoms with Gasteiger partial charge in [0.25, 0.3) is 5.54 Å². The van der Waals surface area contributed by atoms with Crippen LogP contribution in [0.1, 0.15) is 40.5 Å². The number of hydrogen-bond acceptors (Lipinski definition) is 7. The van der Waals surface area contributed by atoms with E-state index in [4.69, 9.17) is 14.2 Å². The van der Waals surface area contributed by atoms with Crippen LogP contribution < -0.4 is 0 Å². The van der Waals surface area contributed by atoms with Gasteiger partial charge in [-0.3, -0.25) is 14.9 Å². The second-order valence-electron chi connectivity index (χ2n) is 7.00. The lowest BCUT2D eigenvalue weighted by atomic mass is 9.71. The largest absolute Gasteiger partial charge is 0.463 e. The van der Waals surface area contributed by atoms with Gasteiger partial charge in [-0.15, -0.1) is 0 Å². The summed E-state index contributed by atoms with van der Waals surface area (Å²) < 4.78 is 16.2. The minimum Gasteiger partial charge on any atom is -0.463 e. The van der Waals surface area contributed by atoms with Crippen molar-refractivity contribution in [1.82, 2.24) is 0 Å². The number of carbonyl (C=O) groups excluding carboxylic acids is 2. The van der Waals surface area contributed by atoms with Gasteiger partial charge in [-0.25, -0.2) is 4.79 Å². The molecule has 1 unspecified atom stereocenters. The Morgan fingerprint density at radius 1 is 1.36 bits per heavy atom. The third-order valence-electron chi connectivity index (χ3n) is 4.94. The third kappa shape index (κ3) is 4.00. The van der Waals surface area contributed by atoms with Crippen LogP contribution in [0.2, 0.25) is 0 Å². The van der Waals surface area contributed by atoms with Gasteiger partial charge in [-0.2, -0.15) is 0 Å². The summed E-state index contributed by atoms with van der Waals surface area (Å²) >= 11 is 0. The van der Waals surface area contributed by atoms with Crippen molar-refractivity contribution in [2.75, 3.05) is 6.61 Å². The predicted molar refractivity (Wildman–Crippen MR) is 87.3 cm³/mol. The SMILES string of the molecule is CCOC(=O)/C=C/[C@H]1[C@@H](C(OC(C)=O)C(C)(C)[N+](=O)[O-])[C@@H]2CC[C@H]1O2. The molecule has 8 heteroatoms. The summed E-state index contributed by atoms with van der Waals surface area (Å²) in [5.74, 6) is -1.67. The molecule has 0 N–H and O–H groups in total. The molecule has 0 aromatic heterocycles. The number of carbonyl (C=O) groups is 2. The first kappa shape index (κ1) is 19.4. The molecular weight excluding hydrogens is 330 g/mol. The molecule has 0 aromatic rings. The zero-order valence-corrected chi connectivity index (χ0v) is 15.0. The maximum Gasteiger partial charge on any atom is 0.330 e. The van der Waals surface area contributed by atoms with E-state index in [0.29, 0.717) is 0 Å². The summed E-state index contributed by atoms with van der Waals surface area (Å²) in [6.07, 6.45) is 3.25. The van der Waals surface area contributed by atoms with Gasteiger partial charge in [0.05, 0.1) is 18.8 Å². The Balaban J connectivity index is 2.31. The van der Waals surface area contributed by atoms with Crippen molar-refractivity contribution in [2.24, 2.45) is 11.8 Å². The fourth-order valence-corrected chi connectivity index (χ4v) is 3.76. The topological polar surface area (TPSA) is 105 Å². The van der Waals surface area contributed by atoms with Crippen LogP contribution in [0.3, 0.4) is 0 Å². The fourth-order valence-electron chi connectivity index (χ4n) is 3.76. The van der Waals surface area contributed by atoms with Crippen LogP contribution in [0.5, 0.6) is 0 Å². The minimum atomic E-state index is -1.47. The Bertz CT molecular complexity index is 571. The Labute approximate surface area is 146 Å².